The molecule has 0 aromatic heterocycles. The van der Waals surface area contributed by atoms with Crippen molar-refractivity contribution in [2.24, 2.45) is 46.3 Å². The molecule has 15 nitrogen and oxygen atoms in total. The molecule has 1 spiro atoms. The van der Waals surface area contributed by atoms with Gasteiger partial charge in [0.1, 0.15) is 36.6 Å². The van der Waals surface area contributed by atoms with Crippen molar-refractivity contribution in [3.8, 4) is 0 Å². The van der Waals surface area contributed by atoms with Crippen LogP contribution in [0.2, 0.25) is 0 Å². The Balaban J connectivity index is 1.06. The van der Waals surface area contributed by atoms with Gasteiger partial charge in [0.2, 0.25) is 0 Å². The Morgan fingerprint density at radius 2 is 1.53 bits per heavy atom. The highest BCUT2D eigenvalue weighted by Crippen LogP contribution is 2.71. The smallest absolute Gasteiger partial charge is 0.393 e. The standard InChI is InChI=1S/C39H62O15S/c1-17-9-12-39(48-16-17)18(2)28-26(53-39)15-25-23-8-7-21-13-22(40)14-27(38(21,6)24(23)10-11-37(25,28)5)51-36-34(32(44)33(20(4)50-36)54-55(45,46)47)52-35-31(43)30(42)29(41)19(3)49-35/h18-36,40-44H,1,7-16H2,2-6H3,(H,45,46,47)/t18-,19-,20+,21-,22+,23+,24-,25-,26-,27+,28-,29-,30+,31+,32-,33-,34+,35-,36-,37-,38-,39+/m0/s1. The van der Waals surface area contributed by atoms with E-state index in [1.807, 2.05) is 0 Å². The predicted molar refractivity (Wildman–Crippen MR) is 192 cm³/mol. The Morgan fingerprint density at radius 3 is 2.22 bits per heavy atom. The molecule has 55 heavy (non-hydrogen) atoms. The minimum atomic E-state index is -5.05. The first-order chi connectivity index (χ1) is 25.8. The van der Waals surface area contributed by atoms with Crippen LogP contribution in [0.1, 0.15) is 92.4 Å². The molecule has 4 saturated carbocycles. The quantitative estimate of drug-likeness (QED) is 0.168. The second-order valence-electron chi connectivity index (χ2n) is 18.8. The van der Waals surface area contributed by atoms with Crippen LogP contribution < -0.4 is 0 Å². The van der Waals surface area contributed by atoms with E-state index in [4.69, 9.17) is 32.6 Å². The van der Waals surface area contributed by atoms with Gasteiger partial charge in [0.05, 0.1) is 37.1 Å². The van der Waals surface area contributed by atoms with E-state index in [9.17, 15) is 38.5 Å². The van der Waals surface area contributed by atoms with E-state index < -0.39 is 95.2 Å². The topological polar surface area (TPSA) is 220 Å². The van der Waals surface area contributed by atoms with Crippen molar-refractivity contribution >= 4 is 10.4 Å². The maximum atomic E-state index is 11.8. The summed E-state index contributed by atoms with van der Waals surface area (Å²) in [6, 6.07) is 0. The van der Waals surface area contributed by atoms with Crippen LogP contribution in [0.15, 0.2) is 12.2 Å². The van der Waals surface area contributed by atoms with Crippen LogP contribution in [-0.4, -0.2) is 131 Å². The minimum Gasteiger partial charge on any atom is -0.393 e. The van der Waals surface area contributed by atoms with E-state index in [2.05, 4.69) is 27.4 Å². The predicted octanol–water partition coefficient (Wildman–Crippen LogP) is 2.22. The monoisotopic (exact) mass is 802 g/mol. The fourth-order valence-electron chi connectivity index (χ4n) is 13.3. The molecule has 0 unspecified atom stereocenters. The molecule has 314 valence electrons. The highest BCUT2D eigenvalue weighted by Gasteiger charge is 2.70. The maximum absolute atomic E-state index is 11.8. The molecule has 16 heteroatoms. The fraction of sp³-hybridized carbons (Fsp3) is 0.949. The molecule has 22 atom stereocenters. The lowest BCUT2D eigenvalue weighted by Crippen LogP contribution is -2.66. The van der Waals surface area contributed by atoms with Crippen LogP contribution in [0.4, 0.5) is 0 Å². The lowest BCUT2D eigenvalue weighted by molar-refractivity contribution is -0.373. The molecule has 8 rings (SSSR count). The molecule has 6 N–H and O–H groups in total. The highest BCUT2D eigenvalue weighted by atomic mass is 32.3. The number of fused-ring (bicyclic) bond motifs is 7. The van der Waals surface area contributed by atoms with Gasteiger partial charge < -0.3 is 54.0 Å². The molecule has 0 aromatic carbocycles. The summed E-state index contributed by atoms with van der Waals surface area (Å²) in [7, 11) is -5.05. The molecule has 0 radical (unpaired) electrons. The Labute approximate surface area is 323 Å². The average molecular weight is 803 g/mol. The Morgan fingerprint density at radius 1 is 0.800 bits per heavy atom. The molecule has 0 aromatic rings. The van der Waals surface area contributed by atoms with Gasteiger partial charge in [-0.25, -0.2) is 4.18 Å². The Kier molecular flexibility index (Phi) is 10.7. The Hall–Kier alpha value is -0.830. The summed E-state index contributed by atoms with van der Waals surface area (Å²) >= 11 is 0. The lowest BCUT2D eigenvalue weighted by Gasteiger charge is -2.63. The van der Waals surface area contributed by atoms with Gasteiger partial charge in [-0.15, -0.1) is 0 Å². The van der Waals surface area contributed by atoms with Crippen molar-refractivity contribution in [1.82, 2.24) is 0 Å². The van der Waals surface area contributed by atoms with Gasteiger partial charge in [0, 0.05) is 18.8 Å². The Bertz CT molecular complexity index is 1550. The zero-order chi connectivity index (χ0) is 39.6. The number of hydrogen-bond donors (Lipinski definition) is 6. The van der Waals surface area contributed by atoms with Crippen molar-refractivity contribution in [3.05, 3.63) is 12.2 Å². The number of aliphatic hydroxyl groups is 5. The summed E-state index contributed by atoms with van der Waals surface area (Å²) in [4.78, 5) is 0. The maximum Gasteiger partial charge on any atom is 0.397 e. The van der Waals surface area contributed by atoms with Gasteiger partial charge in [0.15, 0.2) is 18.4 Å². The van der Waals surface area contributed by atoms with Crippen LogP contribution in [-0.2, 0) is 43.0 Å². The third-order valence-electron chi connectivity index (χ3n) is 16.1. The van der Waals surface area contributed by atoms with Crippen LogP contribution >= 0.6 is 0 Å². The van der Waals surface area contributed by atoms with E-state index in [0.29, 0.717) is 37.2 Å². The van der Waals surface area contributed by atoms with Gasteiger partial charge in [-0.1, -0.05) is 32.9 Å². The number of hydrogen-bond acceptors (Lipinski definition) is 14. The molecular weight excluding hydrogens is 740 g/mol. The first-order valence-corrected chi connectivity index (χ1v) is 21.8. The van der Waals surface area contributed by atoms with Crippen LogP contribution in [0.5, 0.6) is 0 Å². The zero-order valence-corrected chi connectivity index (χ0v) is 33.3. The van der Waals surface area contributed by atoms with Gasteiger partial charge in [-0.05, 0) is 99.2 Å². The molecule has 4 aliphatic carbocycles. The summed E-state index contributed by atoms with van der Waals surface area (Å²) in [5, 5.41) is 54.5. The molecule has 4 saturated heterocycles. The van der Waals surface area contributed by atoms with Crippen molar-refractivity contribution < 1.29 is 71.1 Å². The van der Waals surface area contributed by atoms with E-state index >= 15 is 0 Å². The van der Waals surface area contributed by atoms with Crippen LogP contribution in [0.3, 0.4) is 0 Å². The molecular formula is C39H62O15S. The summed E-state index contributed by atoms with van der Waals surface area (Å²) in [5.74, 6) is 1.29. The van der Waals surface area contributed by atoms with Gasteiger partial charge in [0.25, 0.3) is 0 Å². The van der Waals surface area contributed by atoms with Crippen molar-refractivity contribution in [2.75, 3.05) is 6.61 Å². The highest BCUT2D eigenvalue weighted by molar-refractivity contribution is 7.80. The van der Waals surface area contributed by atoms with Gasteiger partial charge in [-0.2, -0.15) is 8.42 Å². The minimum absolute atomic E-state index is 0.0728. The average Bonchev–Trinajstić information content (AvgIpc) is 3.56. The summed E-state index contributed by atoms with van der Waals surface area (Å²) in [6.07, 6.45) is -8.33. The summed E-state index contributed by atoms with van der Waals surface area (Å²) < 4.78 is 76.3. The van der Waals surface area contributed by atoms with Crippen molar-refractivity contribution in [3.63, 3.8) is 0 Å². The molecule has 4 heterocycles. The van der Waals surface area contributed by atoms with Crippen LogP contribution in [0.25, 0.3) is 0 Å². The van der Waals surface area contributed by atoms with E-state index in [0.717, 1.165) is 50.5 Å². The zero-order valence-electron chi connectivity index (χ0n) is 32.5. The molecule has 0 amide bonds. The van der Waals surface area contributed by atoms with Crippen molar-refractivity contribution in [2.45, 2.75) is 178 Å². The van der Waals surface area contributed by atoms with Gasteiger partial charge in [-0.3, -0.25) is 4.55 Å². The summed E-state index contributed by atoms with van der Waals surface area (Å²) in [6.45, 7) is 14.7. The second kappa shape index (κ2) is 14.4. The lowest BCUT2D eigenvalue weighted by atomic mass is 9.43. The number of ether oxygens (including phenoxy) is 6. The number of aliphatic hydroxyl groups excluding tert-OH is 5. The second-order valence-corrected chi connectivity index (χ2v) is 19.9. The molecule has 8 aliphatic rings. The van der Waals surface area contributed by atoms with E-state index in [-0.39, 0.29) is 29.3 Å². The molecule has 4 aliphatic heterocycles. The molecule has 0 bridgehead atoms. The van der Waals surface area contributed by atoms with E-state index in [1.54, 1.807) is 0 Å². The van der Waals surface area contributed by atoms with Gasteiger partial charge >= 0.3 is 10.4 Å². The first kappa shape index (κ1) is 40.9. The van der Waals surface area contributed by atoms with Crippen LogP contribution in [0, 0.1) is 46.3 Å². The molecule has 8 fully saturated rings. The fourth-order valence-corrected chi connectivity index (χ4v) is 13.8. The van der Waals surface area contributed by atoms with Crippen molar-refractivity contribution in [1.29, 1.82) is 0 Å². The first-order valence-electron chi connectivity index (χ1n) is 20.4. The normalized spacial score (nSPS) is 56.8. The SMILES string of the molecule is C=C1CC[C@@]2(OC1)O[C@H]1C[C@H]3[C@@H]4CC[C@H]5C[C@@H](O)C[C@@H](O[C@@H]6O[C@H](C)[C@H](OS(=O)(=O)O)[C@H](O)[C@H]6O[C@@H]6O[C@@H](C)[C@H](O)[C@@H](O)[C@H]6O)[C@]5(C)[C@H]4CC[C@]3(C)[C@H]1[C@@H]2C. The largest absolute Gasteiger partial charge is 0.397 e. The summed E-state index contributed by atoms with van der Waals surface area (Å²) in [5.41, 5.74) is 0.771. The third kappa shape index (κ3) is 6.70. The number of rotatable bonds is 6. The van der Waals surface area contributed by atoms with E-state index in [1.165, 1.54) is 13.8 Å². The third-order valence-corrected chi connectivity index (χ3v) is 16.6.